The molecule has 0 saturated carbocycles. The lowest BCUT2D eigenvalue weighted by molar-refractivity contribution is -0.139. The Morgan fingerprint density at radius 1 is 1.22 bits per heavy atom. The highest BCUT2D eigenvalue weighted by atomic mass is 35.5. The molecule has 3 heterocycles. The van der Waals surface area contributed by atoms with E-state index in [1.54, 1.807) is 31.3 Å². The molecule has 0 N–H and O–H groups in total. The van der Waals surface area contributed by atoms with E-state index in [9.17, 15) is 14.0 Å². The predicted molar refractivity (Wildman–Crippen MR) is 118 cm³/mol. The van der Waals surface area contributed by atoms with Crippen molar-refractivity contribution >= 4 is 29.3 Å². The molecule has 0 aliphatic carbocycles. The molecule has 7 nitrogen and oxygen atoms in total. The minimum absolute atomic E-state index is 0.148. The van der Waals surface area contributed by atoms with Crippen molar-refractivity contribution in [2.24, 2.45) is 0 Å². The largest absolute Gasteiger partial charge is 0.456 e. The second kappa shape index (κ2) is 8.76. The number of ether oxygens (including phenoxy) is 1. The van der Waals surface area contributed by atoms with Crippen LogP contribution in [0.25, 0.3) is 17.4 Å². The van der Waals surface area contributed by atoms with Crippen LogP contribution in [0.5, 0.6) is 0 Å². The number of aromatic nitrogens is 4. The Balaban J connectivity index is 1.49. The Morgan fingerprint density at radius 3 is 2.72 bits per heavy atom. The van der Waals surface area contributed by atoms with Crippen molar-refractivity contribution in [2.45, 2.75) is 20.5 Å². The molecule has 162 valence electrons. The van der Waals surface area contributed by atoms with Gasteiger partial charge in [0.05, 0.1) is 17.1 Å². The Morgan fingerprint density at radius 2 is 1.97 bits per heavy atom. The number of esters is 1. The molecule has 9 heteroatoms. The SMILES string of the molecule is Cc1nn(-c2ccc(F)cc2)c(Cl)c1/C=C/C(=O)OCc1cc(=O)n2cccc(C)c2n1. The monoisotopic (exact) mass is 452 g/mol. The summed E-state index contributed by atoms with van der Waals surface area (Å²) in [5.74, 6) is -0.989. The van der Waals surface area contributed by atoms with Gasteiger partial charge in [-0.25, -0.2) is 18.9 Å². The van der Waals surface area contributed by atoms with E-state index in [0.717, 1.165) is 5.56 Å². The van der Waals surface area contributed by atoms with Crippen molar-refractivity contribution in [3.8, 4) is 5.69 Å². The van der Waals surface area contributed by atoms with Gasteiger partial charge in [0.25, 0.3) is 5.56 Å². The van der Waals surface area contributed by atoms with Crippen molar-refractivity contribution in [2.75, 3.05) is 0 Å². The average Bonchev–Trinajstić information content (AvgIpc) is 3.05. The first kappa shape index (κ1) is 21.5. The lowest BCUT2D eigenvalue weighted by atomic mass is 10.2. The summed E-state index contributed by atoms with van der Waals surface area (Å²) in [6.07, 6.45) is 4.36. The normalized spacial score (nSPS) is 11.4. The van der Waals surface area contributed by atoms with E-state index >= 15 is 0 Å². The molecule has 0 unspecified atom stereocenters. The Kier molecular flexibility index (Phi) is 5.87. The van der Waals surface area contributed by atoms with Crippen molar-refractivity contribution in [3.63, 3.8) is 0 Å². The zero-order chi connectivity index (χ0) is 22.8. The second-order valence-electron chi connectivity index (χ2n) is 7.09. The van der Waals surface area contributed by atoms with Crippen LogP contribution in [-0.4, -0.2) is 25.1 Å². The quantitative estimate of drug-likeness (QED) is 0.337. The molecule has 0 amide bonds. The minimum Gasteiger partial charge on any atom is -0.456 e. The number of nitrogens with zero attached hydrogens (tertiary/aromatic N) is 4. The standard InChI is InChI=1S/C23H18ClFN4O3/c1-14-4-3-11-28-20(30)12-17(26-23(14)28)13-32-21(31)10-9-19-15(2)27-29(22(19)24)18-7-5-16(25)6-8-18/h3-12H,13H2,1-2H3/b10-9+. The fourth-order valence-electron chi connectivity index (χ4n) is 3.18. The molecule has 0 radical (unpaired) electrons. The van der Waals surface area contributed by atoms with Crippen LogP contribution < -0.4 is 5.56 Å². The third kappa shape index (κ3) is 4.31. The molecule has 0 fully saturated rings. The molecule has 0 aliphatic heterocycles. The van der Waals surface area contributed by atoms with Crippen LogP contribution in [0, 0.1) is 19.7 Å². The number of carbonyl (C=O) groups is 1. The number of aryl methyl sites for hydroxylation is 2. The van der Waals surface area contributed by atoms with Crippen LogP contribution in [0.3, 0.4) is 0 Å². The lowest BCUT2D eigenvalue weighted by Gasteiger charge is -2.06. The number of rotatable bonds is 5. The molecule has 3 aromatic heterocycles. The topological polar surface area (TPSA) is 78.5 Å². The van der Waals surface area contributed by atoms with Crippen LogP contribution in [-0.2, 0) is 16.1 Å². The molecule has 32 heavy (non-hydrogen) atoms. The summed E-state index contributed by atoms with van der Waals surface area (Å²) in [5.41, 5.74) is 3.15. The van der Waals surface area contributed by atoms with Gasteiger partial charge in [0.2, 0.25) is 0 Å². The highest BCUT2D eigenvalue weighted by Gasteiger charge is 2.13. The van der Waals surface area contributed by atoms with E-state index < -0.39 is 5.97 Å². The van der Waals surface area contributed by atoms with Crippen LogP contribution in [0.2, 0.25) is 5.15 Å². The van der Waals surface area contributed by atoms with E-state index in [1.807, 2.05) is 13.0 Å². The molecule has 0 spiro atoms. The molecule has 4 aromatic rings. The summed E-state index contributed by atoms with van der Waals surface area (Å²) in [6, 6.07) is 10.7. The summed E-state index contributed by atoms with van der Waals surface area (Å²) < 4.78 is 21.3. The van der Waals surface area contributed by atoms with E-state index in [4.69, 9.17) is 16.3 Å². The zero-order valence-electron chi connectivity index (χ0n) is 17.3. The van der Waals surface area contributed by atoms with Crippen molar-refractivity contribution in [1.29, 1.82) is 0 Å². The van der Waals surface area contributed by atoms with E-state index in [0.29, 0.717) is 28.3 Å². The molecular formula is C23H18ClFN4O3. The summed E-state index contributed by atoms with van der Waals surface area (Å²) in [4.78, 5) is 28.9. The van der Waals surface area contributed by atoms with Crippen molar-refractivity contribution in [1.82, 2.24) is 19.2 Å². The highest BCUT2D eigenvalue weighted by Crippen LogP contribution is 2.25. The summed E-state index contributed by atoms with van der Waals surface area (Å²) in [6.45, 7) is 3.44. The second-order valence-corrected chi connectivity index (χ2v) is 7.45. The van der Waals surface area contributed by atoms with Crippen molar-refractivity contribution < 1.29 is 13.9 Å². The van der Waals surface area contributed by atoms with Gasteiger partial charge in [0.1, 0.15) is 23.2 Å². The van der Waals surface area contributed by atoms with Gasteiger partial charge in [0, 0.05) is 23.9 Å². The van der Waals surface area contributed by atoms with Crippen LogP contribution in [0.4, 0.5) is 4.39 Å². The van der Waals surface area contributed by atoms with Crippen LogP contribution >= 0.6 is 11.6 Å². The number of benzene rings is 1. The molecular weight excluding hydrogens is 435 g/mol. The van der Waals surface area contributed by atoms with Gasteiger partial charge in [-0.1, -0.05) is 17.7 Å². The first-order valence-corrected chi connectivity index (χ1v) is 10.0. The molecule has 0 aliphatic rings. The molecule has 0 bridgehead atoms. The fraction of sp³-hybridized carbons (Fsp3) is 0.130. The number of hydrogen-bond donors (Lipinski definition) is 0. The third-order valence-electron chi connectivity index (χ3n) is 4.81. The Labute approximate surface area is 187 Å². The molecule has 4 rings (SSSR count). The summed E-state index contributed by atoms with van der Waals surface area (Å²) >= 11 is 6.40. The Bertz CT molecular complexity index is 1410. The first-order chi connectivity index (χ1) is 15.3. The number of halogens is 2. The third-order valence-corrected chi connectivity index (χ3v) is 5.17. The lowest BCUT2D eigenvalue weighted by Crippen LogP contribution is -2.17. The van der Waals surface area contributed by atoms with E-state index in [1.165, 1.54) is 39.4 Å². The van der Waals surface area contributed by atoms with Crippen LogP contribution in [0.15, 0.2) is 59.5 Å². The fourth-order valence-corrected chi connectivity index (χ4v) is 3.52. The Hall–Kier alpha value is -3.78. The van der Waals surface area contributed by atoms with E-state index in [-0.39, 0.29) is 23.1 Å². The first-order valence-electron chi connectivity index (χ1n) is 9.67. The van der Waals surface area contributed by atoms with Gasteiger partial charge in [-0.2, -0.15) is 5.10 Å². The smallest absolute Gasteiger partial charge is 0.331 e. The van der Waals surface area contributed by atoms with Gasteiger partial charge >= 0.3 is 5.97 Å². The average molecular weight is 453 g/mol. The summed E-state index contributed by atoms with van der Waals surface area (Å²) in [7, 11) is 0. The number of fused-ring (bicyclic) bond motifs is 1. The maximum Gasteiger partial charge on any atom is 0.331 e. The van der Waals surface area contributed by atoms with Gasteiger partial charge in [-0.05, 0) is 55.8 Å². The van der Waals surface area contributed by atoms with Crippen molar-refractivity contribution in [3.05, 3.63) is 98.6 Å². The van der Waals surface area contributed by atoms with Gasteiger partial charge in [0.15, 0.2) is 0 Å². The molecule has 1 aromatic carbocycles. The zero-order valence-corrected chi connectivity index (χ0v) is 18.0. The minimum atomic E-state index is -0.623. The maximum atomic E-state index is 13.2. The van der Waals surface area contributed by atoms with Gasteiger partial charge in [-0.3, -0.25) is 9.20 Å². The highest BCUT2D eigenvalue weighted by molar-refractivity contribution is 6.31. The summed E-state index contributed by atoms with van der Waals surface area (Å²) in [5, 5.41) is 4.62. The maximum absolute atomic E-state index is 13.2. The predicted octanol–water partition coefficient (Wildman–Crippen LogP) is 4.05. The van der Waals surface area contributed by atoms with Gasteiger partial charge < -0.3 is 4.74 Å². The van der Waals surface area contributed by atoms with Gasteiger partial charge in [-0.15, -0.1) is 0 Å². The van der Waals surface area contributed by atoms with Crippen LogP contribution in [0.1, 0.15) is 22.5 Å². The number of carbonyl (C=O) groups excluding carboxylic acids is 1. The number of hydrogen-bond acceptors (Lipinski definition) is 5. The molecule has 0 atom stereocenters. The molecule has 0 saturated heterocycles. The number of pyridine rings is 1. The van der Waals surface area contributed by atoms with E-state index in [2.05, 4.69) is 10.1 Å².